The molecule has 22 heavy (non-hydrogen) atoms. The highest BCUT2D eigenvalue weighted by atomic mass is 32.2. The fourth-order valence-electron chi connectivity index (χ4n) is 2.63. The van der Waals surface area contributed by atoms with Crippen molar-refractivity contribution in [2.75, 3.05) is 32.5 Å². The van der Waals surface area contributed by atoms with Gasteiger partial charge in [0.1, 0.15) is 10.7 Å². The first-order valence-corrected chi connectivity index (χ1v) is 9.97. The van der Waals surface area contributed by atoms with Crippen LogP contribution in [-0.4, -0.2) is 51.3 Å². The van der Waals surface area contributed by atoms with Gasteiger partial charge in [0.05, 0.1) is 11.7 Å². The first kappa shape index (κ1) is 17.9. The van der Waals surface area contributed by atoms with Gasteiger partial charge in [0, 0.05) is 19.7 Å². The normalized spacial score (nSPS) is 16.0. The van der Waals surface area contributed by atoms with E-state index in [-0.39, 0.29) is 0 Å². The molecule has 0 bridgehead atoms. The van der Waals surface area contributed by atoms with Crippen LogP contribution in [0.5, 0.6) is 0 Å². The topological polar surface area (TPSA) is 49.2 Å². The summed E-state index contributed by atoms with van der Waals surface area (Å²) in [7, 11) is 2.16. The van der Waals surface area contributed by atoms with E-state index in [9.17, 15) is 0 Å². The van der Waals surface area contributed by atoms with Gasteiger partial charge < -0.3 is 10.0 Å². The average molecular weight is 342 g/mol. The molecule has 0 fully saturated rings. The molecule has 0 unspecified atom stereocenters. The number of rotatable bonds is 10. The summed E-state index contributed by atoms with van der Waals surface area (Å²) in [5.41, 5.74) is 2.46. The summed E-state index contributed by atoms with van der Waals surface area (Å²) < 4.78 is 9.00. The van der Waals surface area contributed by atoms with Crippen LogP contribution < -0.4 is 0 Å². The molecule has 124 valence electrons. The van der Waals surface area contributed by atoms with Crippen LogP contribution in [0.15, 0.2) is 11.1 Å². The molecule has 1 aromatic rings. The number of thioether (sulfide) groups is 1. The minimum absolute atomic E-state index is 0.334. The zero-order valence-electron chi connectivity index (χ0n) is 13.5. The molecule has 0 aliphatic carbocycles. The van der Waals surface area contributed by atoms with Crippen molar-refractivity contribution in [3.05, 3.63) is 11.8 Å². The Bertz CT molecular complexity index is 462. The van der Waals surface area contributed by atoms with E-state index < -0.39 is 0 Å². The molecule has 1 aliphatic heterocycles. The molecule has 0 aromatic carbocycles. The number of unbranched alkanes of at least 4 members (excludes halogenated alkanes) is 5. The van der Waals surface area contributed by atoms with Gasteiger partial charge in [0.2, 0.25) is 0 Å². The van der Waals surface area contributed by atoms with Crippen molar-refractivity contribution >= 4 is 29.1 Å². The average Bonchev–Trinajstić information content (AvgIpc) is 2.98. The Hall–Kier alpha value is -0.430. The Morgan fingerprint density at radius 2 is 1.95 bits per heavy atom. The molecule has 0 spiro atoms. The second-order valence-corrected chi connectivity index (χ2v) is 7.48. The second-order valence-electron chi connectivity index (χ2n) is 5.87. The van der Waals surface area contributed by atoms with E-state index in [1.807, 2.05) is 11.8 Å². The van der Waals surface area contributed by atoms with Gasteiger partial charge in [-0.2, -0.15) is 8.75 Å². The van der Waals surface area contributed by atoms with Crippen LogP contribution in [0.3, 0.4) is 0 Å². The van der Waals surface area contributed by atoms with Gasteiger partial charge in [0.25, 0.3) is 0 Å². The third-order valence-electron chi connectivity index (χ3n) is 3.90. The molecular formula is C16H27N3OS2. The summed E-state index contributed by atoms with van der Waals surface area (Å²) in [6.45, 7) is 2.46. The van der Waals surface area contributed by atoms with Crippen LogP contribution in [0.4, 0.5) is 0 Å². The van der Waals surface area contributed by atoms with Gasteiger partial charge in [-0.3, -0.25) is 0 Å². The van der Waals surface area contributed by atoms with Gasteiger partial charge in [0.15, 0.2) is 0 Å². The van der Waals surface area contributed by atoms with Gasteiger partial charge in [-0.05, 0) is 37.6 Å². The third kappa shape index (κ3) is 5.99. The minimum Gasteiger partial charge on any atom is -0.396 e. The van der Waals surface area contributed by atoms with Crippen LogP contribution >= 0.6 is 23.5 Å². The predicted octanol–water partition coefficient (Wildman–Crippen LogP) is 3.68. The SMILES string of the molecule is CN1CCC=C(c2nsnc2SCCCCCCCCO)C1. The Balaban J connectivity index is 1.69. The van der Waals surface area contributed by atoms with E-state index in [1.165, 1.54) is 43.0 Å². The zero-order valence-corrected chi connectivity index (χ0v) is 15.1. The van der Waals surface area contributed by atoms with Crippen molar-refractivity contribution in [1.82, 2.24) is 13.6 Å². The highest BCUT2D eigenvalue weighted by Crippen LogP contribution is 2.29. The van der Waals surface area contributed by atoms with Crippen molar-refractivity contribution in [3.63, 3.8) is 0 Å². The summed E-state index contributed by atoms with van der Waals surface area (Å²) in [6.07, 6.45) is 10.6. The summed E-state index contributed by atoms with van der Waals surface area (Å²) >= 11 is 3.19. The third-order valence-corrected chi connectivity index (χ3v) is 5.59. The lowest BCUT2D eigenvalue weighted by molar-refractivity contribution is 0.282. The van der Waals surface area contributed by atoms with E-state index in [2.05, 4.69) is 26.8 Å². The fourth-order valence-corrected chi connectivity index (χ4v) is 4.34. The number of aliphatic hydroxyl groups is 1. The molecule has 2 heterocycles. The first-order valence-electron chi connectivity index (χ1n) is 8.25. The fraction of sp³-hybridized carbons (Fsp3) is 0.750. The number of hydrogen-bond acceptors (Lipinski definition) is 6. The maximum atomic E-state index is 8.74. The lowest BCUT2D eigenvalue weighted by Crippen LogP contribution is -2.25. The number of aromatic nitrogens is 2. The molecule has 4 nitrogen and oxygen atoms in total. The Labute approximate surface area is 142 Å². The highest BCUT2D eigenvalue weighted by molar-refractivity contribution is 7.99. The second kappa shape index (κ2) is 10.4. The van der Waals surface area contributed by atoms with Crippen molar-refractivity contribution in [1.29, 1.82) is 0 Å². The maximum Gasteiger partial charge on any atom is 0.138 e. The van der Waals surface area contributed by atoms with Crippen LogP contribution in [0.2, 0.25) is 0 Å². The van der Waals surface area contributed by atoms with Crippen molar-refractivity contribution in [2.45, 2.75) is 50.0 Å². The Morgan fingerprint density at radius 1 is 1.18 bits per heavy atom. The van der Waals surface area contributed by atoms with Crippen LogP contribution in [0.1, 0.15) is 50.6 Å². The number of nitrogens with zero attached hydrogens (tertiary/aromatic N) is 3. The van der Waals surface area contributed by atoms with Crippen molar-refractivity contribution < 1.29 is 5.11 Å². The van der Waals surface area contributed by atoms with Crippen LogP contribution in [0.25, 0.3) is 5.57 Å². The molecular weight excluding hydrogens is 314 g/mol. The van der Waals surface area contributed by atoms with Crippen molar-refractivity contribution in [2.24, 2.45) is 0 Å². The highest BCUT2D eigenvalue weighted by Gasteiger charge is 2.17. The molecule has 0 saturated heterocycles. The lowest BCUT2D eigenvalue weighted by atomic mass is 10.1. The molecule has 0 saturated carbocycles. The van der Waals surface area contributed by atoms with E-state index in [0.717, 1.165) is 48.8 Å². The monoisotopic (exact) mass is 341 g/mol. The molecule has 2 rings (SSSR count). The molecule has 1 aromatic heterocycles. The molecule has 0 amide bonds. The van der Waals surface area contributed by atoms with Crippen LogP contribution in [0, 0.1) is 0 Å². The maximum absolute atomic E-state index is 8.74. The summed E-state index contributed by atoms with van der Waals surface area (Å²) in [5.74, 6) is 1.13. The Morgan fingerprint density at radius 3 is 2.73 bits per heavy atom. The molecule has 1 N–H and O–H groups in total. The van der Waals surface area contributed by atoms with Crippen molar-refractivity contribution in [3.8, 4) is 0 Å². The summed E-state index contributed by atoms with van der Waals surface area (Å²) in [5, 5.41) is 9.86. The standard InChI is InChI=1S/C16H27N3OS2/c1-19-10-8-9-14(13-19)15-16(18-22-17-15)21-12-7-5-3-2-4-6-11-20/h9,20H,2-8,10-13H2,1H3. The Kier molecular flexibility index (Phi) is 8.44. The smallest absolute Gasteiger partial charge is 0.138 e. The molecule has 0 atom stereocenters. The van der Waals surface area contributed by atoms with Gasteiger partial charge in [-0.1, -0.05) is 31.8 Å². The quantitative estimate of drug-likeness (QED) is 0.520. The number of hydrogen-bond donors (Lipinski definition) is 1. The van der Waals surface area contributed by atoms with Crippen LogP contribution in [-0.2, 0) is 0 Å². The number of likely N-dealkylation sites (N-methyl/N-ethyl adjacent to an activating group) is 1. The van der Waals surface area contributed by atoms with Gasteiger partial charge >= 0.3 is 0 Å². The lowest BCUT2D eigenvalue weighted by Gasteiger charge is -2.22. The zero-order chi connectivity index (χ0) is 15.6. The van der Waals surface area contributed by atoms with Gasteiger partial charge in [-0.15, -0.1) is 11.8 Å². The van der Waals surface area contributed by atoms with Gasteiger partial charge in [-0.25, -0.2) is 0 Å². The first-order chi connectivity index (χ1) is 10.8. The van der Waals surface area contributed by atoms with E-state index in [0.29, 0.717) is 6.61 Å². The van der Waals surface area contributed by atoms with E-state index in [4.69, 9.17) is 5.11 Å². The number of aliphatic hydroxyl groups excluding tert-OH is 1. The van der Waals surface area contributed by atoms with E-state index in [1.54, 1.807) is 0 Å². The van der Waals surface area contributed by atoms with E-state index >= 15 is 0 Å². The summed E-state index contributed by atoms with van der Waals surface area (Å²) in [4.78, 5) is 2.34. The largest absolute Gasteiger partial charge is 0.396 e. The molecule has 0 radical (unpaired) electrons. The molecule has 6 heteroatoms. The molecule has 1 aliphatic rings. The summed E-state index contributed by atoms with van der Waals surface area (Å²) in [6, 6.07) is 0. The minimum atomic E-state index is 0.334. The predicted molar refractivity (Wildman–Crippen MR) is 95.5 cm³/mol.